The number of methoxy groups -OCH3 is 1. The van der Waals surface area contributed by atoms with Gasteiger partial charge in [-0.15, -0.1) is 0 Å². The minimum atomic E-state index is -4.17. The van der Waals surface area contributed by atoms with Gasteiger partial charge in [-0.1, -0.05) is 0 Å². The second kappa shape index (κ2) is 4.70. The Balaban J connectivity index is 3.68. The second-order valence-electron chi connectivity index (χ2n) is 3.41. The van der Waals surface area contributed by atoms with Crippen molar-refractivity contribution in [1.82, 2.24) is 0 Å². The highest BCUT2D eigenvalue weighted by atomic mass is 32.2. The first kappa shape index (κ1) is 14.1. The van der Waals surface area contributed by atoms with Gasteiger partial charge < -0.3 is 4.74 Å². The fraction of sp³-hybridized carbons (Fsp3) is 0.222. The molecule has 0 fully saturated rings. The van der Waals surface area contributed by atoms with E-state index in [9.17, 15) is 23.3 Å². The Morgan fingerprint density at radius 1 is 1.44 bits per heavy atom. The van der Waals surface area contributed by atoms with Crippen LogP contribution in [0.1, 0.15) is 15.9 Å². The van der Waals surface area contributed by atoms with Gasteiger partial charge in [-0.3, -0.25) is 10.1 Å². The van der Waals surface area contributed by atoms with Crippen LogP contribution in [-0.2, 0) is 14.8 Å². The average molecular weight is 274 g/mol. The first-order chi connectivity index (χ1) is 8.18. The highest BCUT2D eigenvalue weighted by Crippen LogP contribution is 2.26. The third-order valence-corrected chi connectivity index (χ3v) is 3.29. The predicted molar refractivity (Wildman–Crippen MR) is 60.5 cm³/mol. The summed E-state index contributed by atoms with van der Waals surface area (Å²) >= 11 is 0. The van der Waals surface area contributed by atoms with Gasteiger partial charge in [0.15, 0.2) is 0 Å². The molecule has 1 aromatic rings. The molecule has 1 aromatic carbocycles. The number of primary sulfonamides is 1. The van der Waals surface area contributed by atoms with Crippen LogP contribution in [0.5, 0.6) is 0 Å². The van der Waals surface area contributed by atoms with Crippen LogP contribution < -0.4 is 5.14 Å². The van der Waals surface area contributed by atoms with Gasteiger partial charge in [0, 0.05) is 11.6 Å². The van der Waals surface area contributed by atoms with Crippen LogP contribution in [0.4, 0.5) is 5.69 Å². The van der Waals surface area contributed by atoms with E-state index in [-0.39, 0.29) is 11.1 Å². The number of nitrogens with zero attached hydrogens (tertiary/aromatic N) is 1. The van der Waals surface area contributed by atoms with E-state index in [1.807, 2.05) is 0 Å². The quantitative estimate of drug-likeness (QED) is 0.480. The number of nitrogens with two attached hydrogens (primary N) is 1. The zero-order valence-corrected chi connectivity index (χ0v) is 10.4. The van der Waals surface area contributed by atoms with E-state index in [0.717, 1.165) is 19.2 Å². The summed E-state index contributed by atoms with van der Waals surface area (Å²) in [6.07, 6.45) is 0. The van der Waals surface area contributed by atoms with Gasteiger partial charge in [0.25, 0.3) is 5.69 Å². The van der Waals surface area contributed by atoms with Gasteiger partial charge in [0.1, 0.15) is 0 Å². The van der Waals surface area contributed by atoms with Crippen molar-refractivity contribution in [3.63, 3.8) is 0 Å². The number of carbonyl (C=O) groups excluding carboxylic acids is 1. The van der Waals surface area contributed by atoms with Gasteiger partial charge in [-0.25, -0.2) is 18.4 Å². The van der Waals surface area contributed by atoms with Crippen molar-refractivity contribution in [3.05, 3.63) is 33.4 Å². The smallest absolute Gasteiger partial charge is 0.338 e. The minimum absolute atomic E-state index is 0.129. The maximum atomic E-state index is 11.3. The zero-order chi connectivity index (χ0) is 14.1. The molecule has 0 aromatic heterocycles. The van der Waals surface area contributed by atoms with E-state index < -0.39 is 31.5 Å². The van der Waals surface area contributed by atoms with Crippen LogP contribution in [-0.4, -0.2) is 26.4 Å². The van der Waals surface area contributed by atoms with Crippen molar-refractivity contribution >= 4 is 21.7 Å². The predicted octanol–water partition coefficient (Wildman–Crippen LogP) is 0.337. The molecule has 0 saturated heterocycles. The average Bonchev–Trinajstić information content (AvgIpc) is 2.26. The molecule has 0 atom stereocenters. The van der Waals surface area contributed by atoms with E-state index >= 15 is 0 Å². The molecule has 0 spiro atoms. The molecular formula is C9H10N2O6S. The second-order valence-corrected chi connectivity index (χ2v) is 4.94. The summed E-state index contributed by atoms with van der Waals surface area (Å²) in [4.78, 5) is 20.8. The van der Waals surface area contributed by atoms with Crippen molar-refractivity contribution < 1.29 is 22.9 Å². The Bertz CT molecular complexity index is 622. The van der Waals surface area contributed by atoms with Crippen LogP contribution >= 0.6 is 0 Å². The first-order valence-electron chi connectivity index (χ1n) is 4.58. The lowest BCUT2D eigenvalue weighted by molar-refractivity contribution is -0.385. The molecule has 0 unspecified atom stereocenters. The molecule has 18 heavy (non-hydrogen) atoms. The molecule has 1 rings (SSSR count). The molecule has 8 nitrogen and oxygen atoms in total. The SMILES string of the molecule is COC(=O)c1cc([N+](=O)[O-])c(C)c(S(N)(=O)=O)c1. The zero-order valence-electron chi connectivity index (χ0n) is 9.54. The number of rotatable bonds is 3. The molecule has 0 heterocycles. The summed E-state index contributed by atoms with van der Waals surface area (Å²) in [5.74, 6) is -0.886. The third-order valence-electron chi connectivity index (χ3n) is 2.26. The number of hydrogen-bond donors (Lipinski definition) is 1. The highest BCUT2D eigenvalue weighted by Gasteiger charge is 2.24. The molecule has 98 valence electrons. The summed E-state index contributed by atoms with van der Waals surface area (Å²) in [5.41, 5.74) is -0.893. The highest BCUT2D eigenvalue weighted by molar-refractivity contribution is 7.89. The molecule has 9 heteroatoms. The van der Waals surface area contributed by atoms with E-state index in [0.29, 0.717) is 0 Å². The number of hydrogen-bond acceptors (Lipinski definition) is 6. The van der Waals surface area contributed by atoms with Crippen LogP contribution in [0.3, 0.4) is 0 Å². The van der Waals surface area contributed by atoms with Crippen LogP contribution in [0.25, 0.3) is 0 Å². The molecule has 2 N–H and O–H groups in total. The molecule has 0 saturated carbocycles. The standard InChI is InChI=1S/C9H10N2O6S/c1-5-7(11(13)14)3-6(9(12)17-2)4-8(5)18(10,15)16/h3-4H,1-2H3,(H2,10,15,16). The maximum absolute atomic E-state index is 11.3. The van der Waals surface area contributed by atoms with Crippen LogP contribution in [0.2, 0.25) is 0 Å². The van der Waals surface area contributed by atoms with Crippen LogP contribution in [0, 0.1) is 17.0 Å². The number of esters is 1. The Hall–Kier alpha value is -2.00. The minimum Gasteiger partial charge on any atom is -0.465 e. The van der Waals surface area contributed by atoms with E-state index in [2.05, 4.69) is 4.74 Å². The molecule has 0 aliphatic carbocycles. The lowest BCUT2D eigenvalue weighted by Crippen LogP contribution is -2.16. The maximum Gasteiger partial charge on any atom is 0.338 e. The molecular weight excluding hydrogens is 264 g/mol. The van der Waals surface area contributed by atoms with Crippen molar-refractivity contribution in [3.8, 4) is 0 Å². The molecule has 0 aliphatic heterocycles. The Morgan fingerprint density at radius 2 is 2.00 bits per heavy atom. The Kier molecular flexibility index (Phi) is 3.67. The fourth-order valence-electron chi connectivity index (χ4n) is 1.39. The van der Waals surface area contributed by atoms with E-state index in [1.165, 1.54) is 6.92 Å². The summed E-state index contributed by atoms with van der Waals surface area (Å²) < 4.78 is 27.0. The van der Waals surface area contributed by atoms with Gasteiger partial charge in [-0.2, -0.15) is 0 Å². The van der Waals surface area contributed by atoms with Crippen molar-refractivity contribution in [1.29, 1.82) is 0 Å². The topological polar surface area (TPSA) is 130 Å². The number of ether oxygens (including phenoxy) is 1. The van der Waals surface area contributed by atoms with Gasteiger partial charge in [0.2, 0.25) is 10.0 Å². The first-order valence-corrected chi connectivity index (χ1v) is 6.13. The molecule has 0 radical (unpaired) electrons. The third kappa shape index (κ3) is 2.63. The lowest BCUT2D eigenvalue weighted by Gasteiger charge is -2.07. The summed E-state index contributed by atoms with van der Waals surface area (Å²) in [7, 11) is -3.09. The molecule has 0 aliphatic rings. The fourth-order valence-corrected chi connectivity index (χ4v) is 2.22. The van der Waals surface area contributed by atoms with Gasteiger partial charge in [-0.05, 0) is 13.0 Å². The number of carbonyl (C=O) groups is 1. The van der Waals surface area contributed by atoms with Gasteiger partial charge >= 0.3 is 5.97 Å². The summed E-state index contributed by atoms with van der Waals surface area (Å²) in [6.45, 7) is 1.24. The molecule has 0 amide bonds. The van der Waals surface area contributed by atoms with Crippen LogP contribution in [0.15, 0.2) is 17.0 Å². The Labute approximate surface area is 103 Å². The number of nitro groups is 1. The van der Waals surface area contributed by atoms with E-state index in [1.54, 1.807) is 0 Å². The van der Waals surface area contributed by atoms with Gasteiger partial charge in [0.05, 0.1) is 22.5 Å². The summed E-state index contributed by atoms with van der Waals surface area (Å²) in [6, 6.07) is 1.89. The lowest BCUT2D eigenvalue weighted by atomic mass is 10.1. The largest absolute Gasteiger partial charge is 0.465 e. The number of benzene rings is 1. The number of nitro benzene ring substituents is 1. The van der Waals surface area contributed by atoms with Crippen molar-refractivity contribution in [2.45, 2.75) is 11.8 Å². The van der Waals surface area contributed by atoms with Crippen molar-refractivity contribution in [2.75, 3.05) is 7.11 Å². The molecule has 0 bridgehead atoms. The van der Waals surface area contributed by atoms with Crippen molar-refractivity contribution in [2.24, 2.45) is 5.14 Å². The normalized spacial score (nSPS) is 11.1. The Morgan fingerprint density at radius 3 is 2.39 bits per heavy atom. The number of sulfonamides is 1. The van der Waals surface area contributed by atoms with E-state index in [4.69, 9.17) is 5.14 Å². The monoisotopic (exact) mass is 274 g/mol. The summed E-state index contributed by atoms with van der Waals surface area (Å²) in [5, 5.41) is 15.7.